The van der Waals surface area contributed by atoms with Crippen LogP contribution in [0.3, 0.4) is 0 Å². The normalized spacial score (nSPS) is 17.7. The third kappa shape index (κ3) is 5.79. The topological polar surface area (TPSA) is 59.0 Å². The van der Waals surface area contributed by atoms with Gasteiger partial charge in [-0.15, -0.1) is 13.2 Å². The monoisotopic (exact) mass is 375 g/mol. The summed E-state index contributed by atoms with van der Waals surface area (Å²) in [6, 6.07) is 5.58. The van der Waals surface area contributed by atoms with Crippen LogP contribution in [-0.2, 0) is 4.74 Å². The smallest absolute Gasteiger partial charge is 0.444 e. The molecule has 1 N–H and O–H groups in total. The number of rotatable bonds is 3. The zero-order valence-electron chi connectivity index (χ0n) is 15.0. The van der Waals surface area contributed by atoms with E-state index >= 15 is 0 Å². The Morgan fingerprint density at radius 2 is 1.77 bits per heavy atom. The molecule has 0 aliphatic carbocycles. The fourth-order valence-electron chi connectivity index (χ4n) is 2.92. The molecule has 1 heterocycles. The number of halogens is 3. The lowest BCUT2D eigenvalue weighted by atomic mass is 9.87. The number of benzene rings is 1. The molecule has 1 aliphatic rings. The molecule has 146 valence electrons. The van der Waals surface area contributed by atoms with Crippen molar-refractivity contribution >= 4 is 6.09 Å². The second kappa shape index (κ2) is 7.73. The summed E-state index contributed by atoms with van der Waals surface area (Å²) >= 11 is 0. The molecule has 26 heavy (non-hydrogen) atoms. The van der Waals surface area contributed by atoms with Gasteiger partial charge in [0.15, 0.2) is 0 Å². The summed E-state index contributed by atoms with van der Waals surface area (Å²) in [6.45, 7) is 6.08. The van der Waals surface area contributed by atoms with E-state index < -0.39 is 29.9 Å². The van der Waals surface area contributed by atoms with Crippen molar-refractivity contribution in [1.29, 1.82) is 0 Å². The molecule has 1 saturated heterocycles. The van der Waals surface area contributed by atoms with Crippen LogP contribution in [0.15, 0.2) is 24.3 Å². The van der Waals surface area contributed by atoms with E-state index in [4.69, 9.17) is 4.74 Å². The fourth-order valence-corrected chi connectivity index (χ4v) is 2.92. The summed E-state index contributed by atoms with van der Waals surface area (Å²) in [4.78, 5) is 13.6. The minimum atomic E-state index is -4.82. The van der Waals surface area contributed by atoms with Gasteiger partial charge >= 0.3 is 12.5 Å². The van der Waals surface area contributed by atoms with E-state index in [1.54, 1.807) is 31.7 Å². The van der Waals surface area contributed by atoms with Crippen LogP contribution in [-0.4, -0.2) is 41.2 Å². The molecule has 1 fully saturated rings. The van der Waals surface area contributed by atoms with E-state index in [9.17, 15) is 23.1 Å². The van der Waals surface area contributed by atoms with Crippen molar-refractivity contribution in [3.63, 3.8) is 0 Å². The second-order valence-corrected chi connectivity index (χ2v) is 7.34. The van der Waals surface area contributed by atoms with Gasteiger partial charge in [-0.25, -0.2) is 4.79 Å². The first kappa shape index (κ1) is 20.4. The Labute approximate surface area is 150 Å². The Morgan fingerprint density at radius 1 is 1.19 bits per heavy atom. The molecule has 0 aromatic heterocycles. The van der Waals surface area contributed by atoms with Gasteiger partial charge in [0.25, 0.3) is 0 Å². The lowest BCUT2D eigenvalue weighted by Gasteiger charge is -2.35. The highest BCUT2D eigenvalue weighted by Crippen LogP contribution is 2.37. The van der Waals surface area contributed by atoms with Gasteiger partial charge in [-0.3, -0.25) is 0 Å². The van der Waals surface area contributed by atoms with Crippen LogP contribution < -0.4 is 4.74 Å². The summed E-state index contributed by atoms with van der Waals surface area (Å²) in [5, 5.41) is 10.6. The lowest BCUT2D eigenvalue weighted by molar-refractivity contribution is -0.275. The number of amides is 1. The molecule has 1 amide bonds. The first-order chi connectivity index (χ1) is 12.0. The molecule has 1 atom stereocenters. The van der Waals surface area contributed by atoms with Crippen molar-refractivity contribution in [2.75, 3.05) is 13.1 Å². The number of alkyl halides is 3. The minimum absolute atomic E-state index is 0.0977. The van der Waals surface area contributed by atoms with E-state index in [-0.39, 0.29) is 11.5 Å². The number of aliphatic hydroxyl groups excluding tert-OH is 1. The van der Waals surface area contributed by atoms with Gasteiger partial charge in [0.2, 0.25) is 0 Å². The molecule has 5 nitrogen and oxygen atoms in total. The van der Waals surface area contributed by atoms with Crippen molar-refractivity contribution in [2.45, 2.75) is 51.7 Å². The first-order valence-corrected chi connectivity index (χ1v) is 8.47. The maximum Gasteiger partial charge on any atom is 0.573 e. The Bertz CT molecular complexity index is 620. The van der Waals surface area contributed by atoms with Gasteiger partial charge in [-0.2, -0.15) is 0 Å². The highest BCUT2D eigenvalue weighted by atomic mass is 19.4. The third-order valence-corrected chi connectivity index (χ3v) is 4.10. The summed E-state index contributed by atoms with van der Waals surface area (Å²) in [5.41, 5.74) is -0.498. The van der Waals surface area contributed by atoms with E-state index in [0.29, 0.717) is 25.9 Å². The summed E-state index contributed by atoms with van der Waals surface area (Å²) in [5.74, 6) is -0.672. The van der Waals surface area contributed by atoms with Gasteiger partial charge in [-0.05, 0) is 45.6 Å². The van der Waals surface area contributed by atoms with Crippen LogP contribution in [0, 0.1) is 5.92 Å². The van der Waals surface area contributed by atoms with Gasteiger partial charge in [0.1, 0.15) is 11.4 Å². The van der Waals surface area contributed by atoms with Crippen molar-refractivity contribution in [3.05, 3.63) is 29.8 Å². The Hall–Kier alpha value is -1.96. The van der Waals surface area contributed by atoms with Crippen LogP contribution in [0.2, 0.25) is 0 Å². The molecular formula is C18H24F3NO4. The molecule has 1 aromatic carbocycles. The van der Waals surface area contributed by atoms with Crippen LogP contribution >= 0.6 is 0 Å². The fraction of sp³-hybridized carbons (Fsp3) is 0.611. The summed E-state index contributed by atoms with van der Waals surface area (Å²) in [6.07, 6.45) is -5.43. The largest absolute Gasteiger partial charge is 0.573 e. The molecular weight excluding hydrogens is 351 g/mol. The molecule has 0 saturated carbocycles. The average Bonchev–Trinajstić information content (AvgIpc) is 2.52. The SMILES string of the molecule is CC(C)(C)OC(=O)N1CCC(C(O)c2ccccc2OC(F)(F)F)CC1. The number of para-hydroxylation sites is 1. The zero-order chi connectivity index (χ0) is 19.5. The number of piperidine rings is 1. The number of carbonyl (C=O) groups is 1. The molecule has 0 radical (unpaired) electrons. The Kier molecular flexibility index (Phi) is 6.05. The van der Waals surface area contributed by atoms with Crippen LogP contribution in [0.25, 0.3) is 0 Å². The molecule has 8 heteroatoms. The Morgan fingerprint density at radius 3 is 2.31 bits per heavy atom. The van der Waals surface area contributed by atoms with Gasteiger partial charge in [0, 0.05) is 18.7 Å². The maximum absolute atomic E-state index is 12.5. The van der Waals surface area contributed by atoms with E-state index in [2.05, 4.69) is 4.74 Å². The van der Waals surface area contributed by atoms with Crippen molar-refractivity contribution < 1.29 is 32.5 Å². The predicted molar refractivity (Wildman–Crippen MR) is 88.6 cm³/mol. The van der Waals surface area contributed by atoms with Gasteiger partial charge in [-0.1, -0.05) is 18.2 Å². The number of hydrogen-bond donors (Lipinski definition) is 1. The van der Waals surface area contributed by atoms with E-state index in [1.807, 2.05) is 0 Å². The quantitative estimate of drug-likeness (QED) is 0.857. The summed E-state index contributed by atoms with van der Waals surface area (Å²) < 4.78 is 46.9. The van der Waals surface area contributed by atoms with Crippen LogP contribution in [0.4, 0.5) is 18.0 Å². The maximum atomic E-state index is 12.5. The molecule has 2 rings (SSSR count). The summed E-state index contributed by atoms with van der Waals surface area (Å²) in [7, 11) is 0. The third-order valence-electron chi connectivity index (χ3n) is 4.10. The lowest BCUT2D eigenvalue weighted by Crippen LogP contribution is -2.42. The second-order valence-electron chi connectivity index (χ2n) is 7.34. The molecule has 1 aliphatic heterocycles. The minimum Gasteiger partial charge on any atom is -0.444 e. The predicted octanol–water partition coefficient (Wildman–Crippen LogP) is 4.27. The van der Waals surface area contributed by atoms with Crippen molar-refractivity contribution in [2.24, 2.45) is 5.92 Å². The first-order valence-electron chi connectivity index (χ1n) is 8.47. The number of carbonyl (C=O) groups excluding carboxylic acids is 1. The highest BCUT2D eigenvalue weighted by molar-refractivity contribution is 5.68. The average molecular weight is 375 g/mol. The molecule has 1 unspecified atom stereocenters. The Balaban J connectivity index is 2.01. The molecule has 1 aromatic rings. The van der Waals surface area contributed by atoms with Crippen molar-refractivity contribution in [1.82, 2.24) is 4.90 Å². The number of ether oxygens (including phenoxy) is 2. The number of likely N-dealkylation sites (tertiary alicyclic amines) is 1. The molecule has 0 bridgehead atoms. The zero-order valence-corrected chi connectivity index (χ0v) is 15.0. The number of aliphatic hydroxyl groups is 1. The van der Waals surface area contributed by atoms with Gasteiger partial charge < -0.3 is 19.5 Å². The standard InChI is InChI=1S/C18H24F3NO4/c1-17(2,3)26-16(24)22-10-8-12(9-11-22)15(23)13-6-4-5-7-14(13)25-18(19,20)21/h4-7,12,15,23H,8-11H2,1-3H3. The van der Waals surface area contributed by atoms with Crippen LogP contribution in [0.1, 0.15) is 45.3 Å². The van der Waals surface area contributed by atoms with Gasteiger partial charge in [0.05, 0.1) is 6.10 Å². The van der Waals surface area contributed by atoms with E-state index in [1.165, 1.54) is 18.2 Å². The molecule has 0 spiro atoms. The van der Waals surface area contributed by atoms with Crippen molar-refractivity contribution in [3.8, 4) is 5.75 Å². The highest BCUT2D eigenvalue weighted by Gasteiger charge is 2.35. The van der Waals surface area contributed by atoms with E-state index in [0.717, 1.165) is 0 Å². The number of nitrogens with zero attached hydrogens (tertiary/aromatic N) is 1. The van der Waals surface area contributed by atoms with Crippen LogP contribution in [0.5, 0.6) is 5.75 Å². The number of hydrogen-bond acceptors (Lipinski definition) is 4.